The number of nitrogens with one attached hydrogen (secondary N) is 2. The van der Waals surface area contributed by atoms with Crippen LogP contribution in [0.25, 0.3) is 0 Å². The molecule has 0 aliphatic heterocycles. The molecule has 0 aromatic carbocycles. The highest BCUT2D eigenvalue weighted by atomic mass is 16.5. The summed E-state index contributed by atoms with van der Waals surface area (Å²) in [6, 6.07) is 3.23. The average molecular weight is 224 g/mol. The SMILES string of the molecule is COc1ccc(CNCCNC(N)=O)cn1. The van der Waals surface area contributed by atoms with Crippen LogP contribution in [0.3, 0.4) is 0 Å². The maximum atomic E-state index is 10.4. The Morgan fingerprint density at radius 2 is 2.31 bits per heavy atom. The summed E-state index contributed by atoms with van der Waals surface area (Å²) >= 11 is 0. The van der Waals surface area contributed by atoms with Crippen LogP contribution >= 0.6 is 0 Å². The number of urea groups is 1. The Morgan fingerprint density at radius 3 is 2.88 bits per heavy atom. The lowest BCUT2D eigenvalue weighted by atomic mass is 10.3. The van der Waals surface area contributed by atoms with Crippen LogP contribution in [-0.2, 0) is 6.54 Å². The molecule has 0 fully saturated rings. The molecule has 1 aromatic rings. The Labute approximate surface area is 94.2 Å². The molecule has 0 unspecified atom stereocenters. The van der Waals surface area contributed by atoms with Crippen LogP contribution in [0.15, 0.2) is 18.3 Å². The molecule has 0 aliphatic rings. The second-order valence-corrected chi connectivity index (χ2v) is 3.18. The maximum absolute atomic E-state index is 10.4. The van der Waals surface area contributed by atoms with E-state index >= 15 is 0 Å². The van der Waals surface area contributed by atoms with Crippen LogP contribution in [0.4, 0.5) is 4.79 Å². The molecule has 0 saturated carbocycles. The number of aromatic nitrogens is 1. The Hall–Kier alpha value is -1.82. The predicted octanol–water partition coefficient (Wildman–Crippen LogP) is -0.152. The number of nitrogens with zero attached hydrogens (tertiary/aromatic N) is 1. The smallest absolute Gasteiger partial charge is 0.312 e. The monoisotopic (exact) mass is 224 g/mol. The Balaban J connectivity index is 2.19. The van der Waals surface area contributed by atoms with Gasteiger partial charge in [0, 0.05) is 31.9 Å². The first-order chi connectivity index (χ1) is 7.72. The van der Waals surface area contributed by atoms with Gasteiger partial charge < -0.3 is 21.1 Å². The van der Waals surface area contributed by atoms with E-state index < -0.39 is 6.03 Å². The first-order valence-corrected chi connectivity index (χ1v) is 4.95. The molecular weight excluding hydrogens is 208 g/mol. The maximum Gasteiger partial charge on any atom is 0.312 e. The highest BCUT2D eigenvalue weighted by Gasteiger charge is 1.95. The molecule has 0 aliphatic carbocycles. The van der Waals surface area contributed by atoms with Gasteiger partial charge in [-0.05, 0) is 5.56 Å². The second kappa shape index (κ2) is 6.62. The third kappa shape index (κ3) is 4.61. The molecule has 4 N–H and O–H groups in total. The lowest BCUT2D eigenvalue weighted by Crippen LogP contribution is -2.35. The van der Waals surface area contributed by atoms with Gasteiger partial charge >= 0.3 is 6.03 Å². The van der Waals surface area contributed by atoms with Crippen molar-refractivity contribution in [1.29, 1.82) is 0 Å². The molecule has 0 spiro atoms. The van der Waals surface area contributed by atoms with Crippen molar-refractivity contribution < 1.29 is 9.53 Å². The summed E-state index contributed by atoms with van der Waals surface area (Å²) in [4.78, 5) is 14.4. The summed E-state index contributed by atoms with van der Waals surface area (Å²) in [6.45, 7) is 1.87. The van der Waals surface area contributed by atoms with E-state index in [1.807, 2.05) is 6.07 Å². The van der Waals surface area contributed by atoms with Crippen LogP contribution in [-0.4, -0.2) is 31.2 Å². The van der Waals surface area contributed by atoms with Gasteiger partial charge in [0.25, 0.3) is 0 Å². The standard InChI is InChI=1S/C10H16N4O2/c1-16-9-3-2-8(7-14-9)6-12-4-5-13-10(11)15/h2-3,7,12H,4-6H2,1H3,(H3,11,13,15). The van der Waals surface area contributed by atoms with Gasteiger partial charge in [-0.3, -0.25) is 0 Å². The minimum atomic E-state index is -0.507. The normalized spacial score (nSPS) is 9.81. The Bertz CT molecular complexity index is 326. The number of hydrogen-bond acceptors (Lipinski definition) is 4. The zero-order valence-electron chi connectivity index (χ0n) is 9.19. The number of hydrogen-bond donors (Lipinski definition) is 3. The van der Waals surface area contributed by atoms with Crippen LogP contribution in [0.1, 0.15) is 5.56 Å². The Morgan fingerprint density at radius 1 is 1.50 bits per heavy atom. The number of pyridine rings is 1. The van der Waals surface area contributed by atoms with Crippen molar-refractivity contribution in [3.8, 4) is 5.88 Å². The average Bonchev–Trinajstić information content (AvgIpc) is 2.29. The van der Waals surface area contributed by atoms with Crippen molar-refractivity contribution in [3.05, 3.63) is 23.9 Å². The van der Waals surface area contributed by atoms with Crippen LogP contribution in [0.5, 0.6) is 5.88 Å². The van der Waals surface area contributed by atoms with E-state index in [0.29, 0.717) is 25.5 Å². The molecule has 0 bridgehead atoms. The first-order valence-electron chi connectivity index (χ1n) is 4.95. The molecule has 0 atom stereocenters. The fourth-order valence-electron chi connectivity index (χ4n) is 1.14. The van der Waals surface area contributed by atoms with Crippen molar-refractivity contribution in [1.82, 2.24) is 15.6 Å². The third-order valence-electron chi connectivity index (χ3n) is 1.94. The van der Waals surface area contributed by atoms with Gasteiger partial charge in [0.2, 0.25) is 5.88 Å². The molecule has 0 radical (unpaired) electrons. The van der Waals surface area contributed by atoms with Gasteiger partial charge in [-0.2, -0.15) is 0 Å². The summed E-state index contributed by atoms with van der Waals surface area (Å²) in [5, 5.41) is 5.63. The Kier molecular flexibility index (Phi) is 5.07. The van der Waals surface area contributed by atoms with Gasteiger partial charge in [-0.15, -0.1) is 0 Å². The number of amides is 2. The van der Waals surface area contributed by atoms with E-state index in [1.54, 1.807) is 19.4 Å². The van der Waals surface area contributed by atoms with Crippen molar-refractivity contribution in [2.75, 3.05) is 20.2 Å². The lowest BCUT2D eigenvalue weighted by molar-refractivity contribution is 0.249. The number of methoxy groups -OCH3 is 1. The highest BCUT2D eigenvalue weighted by Crippen LogP contribution is 2.05. The van der Waals surface area contributed by atoms with Crippen molar-refractivity contribution >= 4 is 6.03 Å². The quantitative estimate of drug-likeness (QED) is 0.586. The van der Waals surface area contributed by atoms with E-state index in [0.717, 1.165) is 5.56 Å². The van der Waals surface area contributed by atoms with E-state index in [2.05, 4.69) is 15.6 Å². The van der Waals surface area contributed by atoms with Gasteiger partial charge in [0.15, 0.2) is 0 Å². The largest absolute Gasteiger partial charge is 0.481 e. The minimum absolute atomic E-state index is 0.507. The second-order valence-electron chi connectivity index (χ2n) is 3.18. The van der Waals surface area contributed by atoms with E-state index in [-0.39, 0.29) is 0 Å². The van der Waals surface area contributed by atoms with Crippen LogP contribution in [0.2, 0.25) is 0 Å². The fraction of sp³-hybridized carbons (Fsp3) is 0.400. The first kappa shape index (κ1) is 12.3. The number of rotatable bonds is 6. The number of primary amides is 1. The number of nitrogens with two attached hydrogens (primary N) is 1. The van der Waals surface area contributed by atoms with E-state index in [1.165, 1.54) is 0 Å². The molecule has 2 amide bonds. The topological polar surface area (TPSA) is 89.3 Å². The summed E-state index contributed by atoms with van der Waals surface area (Å²) in [7, 11) is 1.58. The summed E-state index contributed by atoms with van der Waals surface area (Å²) < 4.78 is 4.95. The molecule has 88 valence electrons. The van der Waals surface area contributed by atoms with Crippen LogP contribution < -0.4 is 21.1 Å². The van der Waals surface area contributed by atoms with Crippen molar-refractivity contribution in [2.24, 2.45) is 5.73 Å². The minimum Gasteiger partial charge on any atom is -0.481 e. The number of ether oxygens (including phenoxy) is 1. The molecule has 6 nitrogen and oxygen atoms in total. The molecular formula is C10H16N4O2. The predicted molar refractivity (Wildman–Crippen MR) is 60.1 cm³/mol. The molecule has 1 rings (SSSR count). The van der Waals surface area contributed by atoms with Gasteiger partial charge in [-0.25, -0.2) is 9.78 Å². The molecule has 1 heterocycles. The van der Waals surface area contributed by atoms with Crippen molar-refractivity contribution in [3.63, 3.8) is 0 Å². The zero-order valence-corrected chi connectivity index (χ0v) is 9.19. The van der Waals surface area contributed by atoms with Crippen molar-refractivity contribution in [2.45, 2.75) is 6.54 Å². The van der Waals surface area contributed by atoms with E-state index in [9.17, 15) is 4.79 Å². The fourth-order valence-corrected chi connectivity index (χ4v) is 1.14. The van der Waals surface area contributed by atoms with Gasteiger partial charge in [0.1, 0.15) is 0 Å². The van der Waals surface area contributed by atoms with Gasteiger partial charge in [0.05, 0.1) is 7.11 Å². The molecule has 6 heteroatoms. The van der Waals surface area contributed by atoms with Gasteiger partial charge in [-0.1, -0.05) is 6.07 Å². The zero-order chi connectivity index (χ0) is 11.8. The van der Waals surface area contributed by atoms with Crippen LogP contribution in [0, 0.1) is 0 Å². The third-order valence-corrected chi connectivity index (χ3v) is 1.94. The number of carbonyl (C=O) groups excluding carboxylic acids is 1. The molecule has 16 heavy (non-hydrogen) atoms. The summed E-state index contributed by atoms with van der Waals surface area (Å²) in [5.74, 6) is 0.596. The highest BCUT2D eigenvalue weighted by molar-refractivity contribution is 5.71. The van der Waals surface area contributed by atoms with E-state index in [4.69, 9.17) is 10.5 Å². The lowest BCUT2D eigenvalue weighted by Gasteiger charge is -2.05. The summed E-state index contributed by atoms with van der Waals surface area (Å²) in [5.41, 5.74) is 5.97. The molecule has 0 saturated heterocycles. The molecule has 1 aromatic heterocycles. The number of carbonyl (C=O) groups is 1. The summed E-state index contributed by atoms with van der Waals surface area (Å²) in [6.07, 6.45) is 1.74.